The predicted molar refractivity (Wildman–Crippen MR) is 312 cm³/mol. The van der Waals surface area contributed by atoms with Gasteiger partial charge in [-0.1, -0.05) is 236 Å². The Morgan fingerprint density at radius 2 is 0.849 bits per heavy atom. The van der Waals surface area contributed by atoms with Gasteiger partial charge in [0.25, 0.3) is 7.82 Å². The Balaban J connectivity index is 5.06. The number of allylic oxidation sites excluding steroid dienone is 9. The first kappa shape index (κ1) is 70.7. The van der Waals surface area contributed by atoms with Crippen molar-refractivity contribution in [1.29, 1.82) is 0 Å². The molecule has 426 valence electrons. The molecule has 3 unspecified atom stereocenters. The molecule has 0 radical (unpaired) electrons. The van der Waals surface area contributed by atoms with E-state index in [-0.39, 0.29) is 24.9 Å². The van der Waals surface area contributed by atoms with Crippen LogP contribution in [-0.4, -0.2) is 69.4 Å². The van der Waals surface area contributed by atoms with E-state index >= 15 is 0 Å². The number of carbonyl (C=O) groups is 2. The van der Waals surface area contributed by atoms with Crippen molar-refractivity contribution in [2.75, 3.05) is 40.9 Å². The maximum Gasteiger partial charge on any atom is 0.306 e. The number of carbonyl (C=O) groups excluding carboxylic acids is 2. The van der Waals surface area contributed by atoms with Crippen molar-refractivity contribution in [3.8, 4) is 0 Å². The highest BCUT2D eigenvalue weighted by molar-refractivity contribution is 7.45. The number of quaternary nitrogens is 1. The largest absolute Gasteiger partial charge is 0.756 e. The fraction of sp³-hybridized carbons (Fsp3) is 0.810. The molecule has 0 saturated heterocycles. The summed E-state index contributed by atoms with van der Waals surface area (Å²) in [5.41, 5.74) is 0. The summed E-state index contributed by atoms with van der Waals surface area (Å²) in [5, 5.41) is 3.01. The van der Waals surface area contributed by atoms with Crippen LogP contribution in [0.5, 0.6) is 0 Å². The van der Waals surface area contributed by atoms with Crippen molar-refractivity contribution >= 4 is 19.7 Å². The van der Waals surface area contributed by atoms with Crippen LogP contribution in [0.2, 0.25) is 0 Å². The Kier molecular flexibility index (Phi) is 51.5. The highest BCUT2D eigenvalue weighted by atomic mass is 31.2. The van der Waals surface area contributed by atoms with E-state index in [0.717, 1.165) is 96.3 Å². The highest BCUT2D eigenvalue weighted by Crippen LogP contribution is 2.38. The van der Waals surface area contributed by atoms with Gasteiger partial charge < -0.3 is 28.5 Å². The molecule has 1 N–H and O–H groups in total. The van der Waals surface area contributed by atoms with Crippen molar-refractivity contribution in [2.24, 2.45) is 0 Å². The number of likely N-dealkylation sites (N-methyl/N-ethyl adjacent to an activating group) is 1. The van der Waals surface area contributed by atoms with Gasteiger partial charge in [0, 0.05) is 12.8 Å². The smallest absolute Gasteiger partial charge is 0.306 e. The van der Waals surface area contributed by atoms with Crippen molar-refractivity contribution in [3.05, 3.63) is 60.8 Å². The van der Waals surface area contributed by atoms with Gasteiger partial charge >= 0.3 is 5.97 Å². The number of nitrogens with zero attached hydrogens (tertiary/aromatic N) is 1. The monoisotopic (exact) mass is 1040 g/mol. The van der Waals surface area contributed by atoms with Gasteiger partial charge in [-0.25, -0.2) is 0 Å². The summed E-state index contributed by atoms with van der Waals surface area (Å²) in [4.78, 5) is 39.8. The minimum atomic E-state index is -4.69. The molecule has 0 fully saturated rings. The Hall–Kier alpha value is -2.29. The van der Waals surface area contributed by atoms with Gasteiger partial charge in [0.15, 0.2) is 0 Å². The zero-order valence-corrected chi connectivity index (χ0v) is 49.5. The van der Waals surface area contributed by atoms with Crippen LogP contribution in [0.4, 0.5) is 0 Å². The van der Waals surface area contributed by atoms with Crippen LogP contribution >= 0.6 is 7.82 Å². The number of rotatable bonds is 55. The summed E-state index contributed by atoms with van der Waals surface area (Å²) in [6.45, 7) is 6.77. The normalized spacial score (nSPS) is 14.1. The molecular formula is C63H117N2O7P. The van der Waals surface area contributed by atoms with E-state index in [1.807, 2.05) is 33.3 Å². The van der Waals surface area contributed by atoms with Crippen LogP contribution in [0.15, 0.2) is 60.8 Å². The standard InChI is InChI=1S/C63H117N2O7P/c1-7-10-13-16-19-22-25-26-27-28-29-30-31-32-33-34-35-36-37-38-41-44-47-50-53-56-63(67)72-61(54-51-48-45-42-39-23-20-17-14-11-8-2)60(59-71-73(68,69)70-58-57-65(4,5)6)64-62(66)55-52-49-46-43-40-24-21-18-15-12-9-3/h18-19,21-22,26-27,29-30,51,54,60-61H,7-17,20,23-25,28,31-50,52-53,55-59H2,1-6H3,(H-,64,66,68,69)/b21-18-,22-19-,27-26-,30-29-,54-51-. The SMILES string of the molecule is CCCC/C=C\CCCCCCCC(=O)NC(COP(=O)([O-])OCC[N+](C)(C)C)C(/C=C\CCCCCCCCCCC)OC(=O)CCCCCCCCCCCCCC/C=C\C/C=C\C/C=C\CCCCC. The predicted octanol–water partition coefficient (Wildman–Crippen LogP) is 18.0. The lowest BCUT2D eigenvalue weighted by Gasteiger charge is -2.30. The van der Waals surface area contributed by atoms with Crippen LogP contribution in [-0.2, 0) is 27.9 Å². The molecule has 0 aromatic heterocycles. The molecule has 9 nitrogen and oxygen atoms in total. The second-order valence-electron chi connectivity index (χ2n) is 21.8. The molecule has 0 spiro atoms. The molecule has 73 heavy (non-hydrogen) atoms. The number of phosphoric ester groups is 1. The lowest BCUT2D eigenvalue weighted by Crippen LogP contribution is -2.47. The summed E-state index contributed by atoms with van der Waals surface area (Å²) in [5.74, 6) is -0.552. The number of nitrogens with one attached hydrogen (secondary N) is 1. The van der Waals surface area contributed by atoms with Crippen LogP contribution in [0, 0.1) is 0 Å². The molecule has 0 aliphatic rings. The third-order valence-electron chi connectivity index (χ3n) is 13.4. The number of esters is 1. The number of phosphoric acid groups is 1. The Morgan fingerprint density at radius 1 is 0.479 bits per heavy atom. The molecule has 0 bridgehead atoms. The second-order valence-corrected chi connectivity index (χ2v) is 23.3. The molecular weight excluding hydrogens is 928 g/mol. The number of unbranched alkanes of at least 4 members (excludes halogenated alkanes) is 31. The van der Waals surface area contributed by atoms with E-state index in [0.29, 0.717) is 17.4 Å². The quantitative estimate of drug-likeness (QED) is 0.0212. The minimum absolute atomic E-state index is 0.0248. The van der Waals surface area contributed by atoms with Crippen molar-refractivity contribution < 1.29 is 37.3 Å². The fourth-order valence-corrected chi connectivity index (χ4v) is 9.35. The lowest BCUT2D eigenvalue weighted by atomic mass is 10.0. The molecule has 0 aromatic rings. The van der Waals surface area contributed by atoms with E-state index in [1.54, 1.807) is 0 Å². The Bertz CT molecular complexity index is 1440. The number of amides is 1. The van der Waals surface area contributed by atoms with E-state index in [1.165, 1.54) is 148 Å². The molecule has 0 saturated carbocycles. The Labute approximate surface area is 451 Å². The van der Waals surface area contributed by atoms with Crippen LogP contribution in [0.25, 0.3) is 0 Å². The molecule has 3 atom stereocenters. The molecule has 0 heterocycles. The first-order valence-corrected chi connectivity index (χ1v) is 32.1. The number of ether oxygens (including phenoxy) is 1. The van der Waals surface area contributed by atoms with Crippen molar-refractivity contribution in [3.63, 3.8) is 0 Å². The average molecular weight is 1050 g/mol. The van der Waals surface area contributed by atoms with Crippen molar-refractivity contribution in [1.82, 2.24) is 5.32 Å². The molecule has 0 aliphatic heterocycles. The first-order valence-electron chi connectivity index (χ1n) is 30.6. The fourth-order valence-electron chi connectivity index (χ4n) is 8.63. The summed E-state index contributed by atoms with van der Waals surface area (Å²) >= 11 is 0. The average Bonchev–Trinajstić information content (AvgIpc) is 3.35. The van der Waals surface area contributed by atoms with E-state index < -0.39 is 26.6 Å². The second kappa shape index (κ2) is 53.1. The third-order valence-corrected chi connectivity index (χ3v) is 14.4. The lowest BCUT2D eigenvalue weighted by molar-refractivity contribution is -0.870. The summed E-state index contributed by atoms with van der Waals surface area (Å²) < 4.78 is 30.2. The van der Waals surface area contributed by atoms with Crippen LogP contribution < -0.4 is 10.2 Å². The first-order chi connectivity index (χ1) is 35.4. The summed E-state index contributed by atoms with van der Waals surface area (Å²) in [6.07, 6.45) is 66.2. The molecule has 1 amide bonds. The topological polar surface area (TPSA) is 114 Å². The van der Waals surface area contributed by atoms with Crippen molar-refractivity contribution in [2.45, 2.75) is 290 Å². The summed E-state index contributed by atoms with van der Waals surface area (Å²) in [6, 6.07) is -0.892. The van der Waals surface area contributed by atoms with Gasteiger partial charge in [0.1, 0.15) is 19.3 Å². The molecule has 0 aromatic carbocycles. The zero-order chi connectivity index (χ0) is 53.6. The van der Waals surface area contributed by atoms with Gasteiger partial charge in [0.2, 0.25) is 5.91 Å². The van der Waals surface area contributed by atoms with Gasteiger partial charge in [-0.15, -0.1) is 0 Å². The van der Waals surface area contributed by atoms with Gasteiger partial charge in [-0.05, 0) is 89.5 Å². The molecule has 0 aliphatic carbocycles. The van der Waals surface area contributed by atoms with Gasteiger partial charge in [0.05, 0.1) is 33.8 Å². The van der Waals surface area contributed by atoms with Crippen LogP contribution in [0.3, 0.4) is 0 Å². The maximum atomic E-state index is 13.4. The molecule has 0 rings (SSSR count). The van der Waals surface area contributed by atoms with Gasteiger partial charge in [-0.2, -0.15) is 0 Å². The Morgan fingerprint density at radius 3 is 1.33 bits per heavy atom. The minimum Gasteiger partial charge on any atom is -0.756 e. The number of hydrogen-bond acceptors (Lipinski definition) is 7. The zero-order valence-electron chi connectivity index (χ0n) is 48.6. The summed E-state index contributed by atoms with van der Waals surface area (Å²) in [7, 11) is 1.18. The van der Waals surface area contributed by atoms with E-state index in [4.69, 9.17) is 13.8 Å². The highest BCUT2D eigenvalue weighted by Gasteiger charge is 2.27. The third kappa shape index (κ3) is 54.3. The van der Waals surface area contributed by atoms with E-state index in [9.17, 15) is 19.0 Å². The van der Waals surface area contributed by atoms with E-state index in [2.05, 4.69) is 74.7 Å². The maximum absolute atomic E-state index is 13.4. The van der Waals surface area contributed by atoms with Gasteiger partial charge in [-0.3, -0.25) is 14.2 Å². The number of hydrogen-bond donors (Lipinski definition) is 1. The van der Waals surface area contributed by atoms with Crippen LogP contribution in [0.1, 0.15) is 278 Å². The molecule has 10 heteroatoms.